The first-order valence-corrected chi connectivity index (χ1v) is 7.93. The first-order chi connectivity index (χ1) is 9.13. The van der Waals surface area contributed by atoms with E-state index in [-0.39, 0.29) is 0 Å². The van der Waals surface area contributed by atoms with Crippen molar-refractivity contribution < 1.29 is 8.78 Å². The predicted octanol–water partition coefficient (Wildman–Crippen LogP) is 4.62. The van der Waals surface area contributed by atoms with Crippen molar-refractivity contribution in [3.05, 3.63) is 29.8 Å². The van der Waals surface area contributed by atoms with E-state index in [0.29, 0.717) is 6.04 Å². The van der Waals surface area contributed by atoms with Crippen molar-refractivity contribution in [3.63, 3.8) is 0 Å². The van der Waals surface area contributed by atoms with Gasteiger partial charge in [0, 0.05) is 23.2 Å². The third kappa shape index (κ3) is 6.92. The number of benzene rings is 1. The predicted molar refractivity (Wildman–Crippen MR) is 78.7 cm³/mol. The molecule has 0 heterocycles. The molecule has 1 atom stereocenters. The van der Waals surface area contributed by atoms with Crippen molar-refractivity contribution in [1.29, 1.82) is 0 Å². The van der Waals surface area contributed by atoms with Crippen molar-refractivity contribution in [1.82, 2.24) is 5.32 Å². The summed E-state index contributed by atoms with van der Waals surface area (Å²) in [4.78, 5) is 0.777. The maximum absolute atomic E-state index is 13.0. The molecule has 0 saturated heterocycles. The molecule has 0 amide bonds. The third-order valence-electron chi connectivity index (χ3n) is 3.00. The lowest BCUT2D eigenvalue weighted by atomic mass is 10.1. The highest BCUT2D eigenvalue weighted by molar-refractivity contribution is 7.99. The van der Waals surface area contributed by atoms with Crippen LogP contribution in [0.1, 0.15) is 39.5 Å². The van der Waals surface area contributed by atoms with Crippen molar-refractivity contribution in [2.24, 2.45) is 0 Å². The van der Waals surface area contributed by atoms with Gasteiger partial charge in [-0.15, -0.1) is 11.8 Å². The Bertz CT molecular complexity index is 371. The van der Waals surface area contributed by atoms with Gasteiger partial charge in [-0.2, -0.15) is 0 Å². The fraction of sp³-hybridized carbons (Fsp3) is 0.600. The molecule has 108 valence electrons. The first-order valence-electron chi connectivity index (χ1n) is 6.94. The van der Waals surface area contributed by atoms with Gasteiger partial charge in [-0.05, 0) is 31.5 Å². The van der Waals surface area contributed by atoms with Crippen LogP contribution in [0.3, 0.4) is 0 Å². The maximum atomic E-state index is 13.0. The minimum Gasteiger partial charge on any atom is -0.313 e. The number of halogens is 2. The molecule has 0 saturated carbocycles. The zero-order chi connectivity index (χ0) is 14.1. The smallest absolute Gasteiger partial charge is 0.159 e. The number of unbranched alkanes of at least 4 members (excludes halogenated alkanes) is 2. The highest BCUT2D eigenvalue weighted by atomic mass is 32.2. The Balaban J connectivity index is 2.14. The quantitative estimate of drug-likeness (QED) is 0.525. The van der Waals surface area contributed by atoms with Crippen molar-refractivity contribution in [2.75, 3.05) is 12.3 Å². The summed E-state index contributed by atoms with van der Waals surface area (Å²) in [6.07, 6.45) is 5.00. The average Bonchev–Trinajstić information content (AvgIpc) is 2.39. The standard InChI is InChI=1S/C15H23F2NS/c1-3-4-5-6-12(2)18-9-10-19-13-7-8-14(16)15(17)11-13/h7-8,11-12,18H,3-6,9-10H2,1-2H3. The largest absolute Gasteiger partial charge is 0.313 e. The lowest BCUT2D eigenvalue weighted by Crippen LogP contribution is -2.28. The fourth-order valence-electron chi connectivity index (χ4n) is 1.84. The molecule has 1 N–H and O–H groups in total. The molecule has 0 aliphatic rings. The van der Waals surface area contributed by atoms with E-state index >= 15 is 0 Å². The topological polar surface area (TPSA) is 12.0 Å². The van der Waals surface area contributed by atoms with Gasteiger partial charge in [-0.3, -0.25) is 0 Å². The van der Waals surface area contributed by atoms with Crippen LogP contribution in [0.25, 0.3) is 0 Å². The molecule has 0 bridgehead atoms. The van der Waals surface area contributed by atoms with Crippen molar-refractivity contribution in [2.45, 2.75) is 50.5 Å². The van der Waals surface area contributed by atoms with E-state index in [1.54, 1.807) is 17.8 Å². The fourth-order valence-corrected chi connectivity index (χ4v) is 2.65. The van der Waals surface area contributed by atoms with Crippen LogP contribution in [0.2, 0.25) is 0 Å². The molecule has 1 aromatic rings. The molecule has 1 nitrogen and oxygen atoms in total. The molecular formula is C15H23F2NS. The van der Waals surface area contributed by atoms with Gasteiger partial charge in [0.2, 0.25) is 0 Å². The van der Waals surface area contributed by atoms with Gasteiger partial charge in [-0.25, -0.2) is 8.78 Å². The average molecular weight is 287 g/mol. The summed E-state index contributed by atoms with van der Waals surface area (Å²) in [7, 11) is 0. The third-order valence-corrected chi connectivity index (χ3v) is 3.99. The first kappa shape index (κ1) is 16.4. The van der Waals surface area contributed by atoms with Gasteiger partial charge in [0.05, 0.1) is 0 Å². The summed E-state index contributed by atoms with van der Waals surface area (Å²) in [6, 6.07) is 4.58. The number of nitrogens with one attached hydrogen (secondary N) is 1. The Morgan fingerprint density at radius 1 is 1.21 bits per heavy atom. The van der Waals surface area contributed by atoms with Gasteiger partial charge in [-0.1, -0.05) is 26.2 Å². The van der Waals surface area contributed by atoms with E-state index in [2.05, 4.69) is 19.2 Å². The molecule has 0 aliphatic carbocycles. The Morgan fingerprint density at radius 3 is 2.68 bits per heavy atom. The molecule has 0 spiro atoms. The van der Waals surface area contributed by atoms with E-state index in [1.807, 2.05) is 0 Å². The SMILES string of the molecule is CCCCCC(C)NCCSc1ccc(F)c(F)c1. The normalized spacial score (nSPS) is 12.6. The Morgan fingerprint density at radius 2 is 2.00 bits per heavy atom. The van der Waals surface area contributed by atoms with Crippen LogP contribution in [0.5, 0.6) is 0 Å². The minimum absolute atomic E-state index is 0.525. The number of hydrogen-bond donors (Lipinski definition) is 1. The Hall–Kier alpha value is -0.610. The summed E-state index contributed by atoms with van der Waals surface area (Å²) in [5.74, 6) is -0.693. The highest BCUT2D eigenvalue weighted by Crippen LogP contribution is 2.19. The van der Waals surface area contributed by atoms with Gasteiger partial charge < -0.3 is 5.32 Å². The van der Waals surface area contributed by atoms with E-state index in [4.69, 9.17) is 0 Å². The second-order valence-corrected chi connectivity index (χ2v) is 5.94. The molecule has 1 rings (SSSR count). The molecule has 0 aliphatic heterocycles. The number of hydrogen-bond acceptors (Lipinski definition) is 2. The summed E-state index contributed by atoms with van der Waals surface area (Å²) >= 11 is 1.54. The van der Waals surface area contributed by atoms with E-state index in [9.17, 15) is 8.78 Å². The summed E-state index contributed by atoms with van der Waals surface area (Å²) < 4.78 is 25.7. The second-order valence-electron chi connectivity index (χ2n) is 4.78. The molecule has 1 unspecified atom stereocenters. The summed E-state index contributed by atoms with van der Waals surface area (Å²) in [5.41, 5.74) is 0. The van der Waals surface area contributed by atoms with Crippen LogP contribution in [0, 0.1) is 11.6 Å². The zero-order valence-electron chi connectivity index (χ0n) is 11.7. The van der Waals surface area contributed by atoms with Crippen LogP contribution >= 0.6 is 11.8 Å². The van der Waals surface area contributed by atoms with Crippen molar-refractivity contribution in [3.8, 4) is 0 Å². The molecule has 0 fully saturated rings. The van der Waals surface area contributed by atoms with E-state index in [1.165, 1.54) is 37.8 Å². The molecule has 0 aromatic heterocycles. The van der Waals surface area contributed by atoms with Crippen molar-refractivity contribution >= 4 is 11.8 Å². The van der Waals surface area contributed by atoms with Crippen LogP contribution in [0.15, 0.2) is 23.1 Å². The maximum Gasteiger partial charge on any atom is 0.159 e. The molecule has 19 heavy (non-hydrogen) atoms. The van der Waals surface area contributed by atoms with Crippen LogP contribution in [-0.4, -0.2) is 18.3 Å². The number of rotatable bonds is 9. The van der Waals surface area contributed by atoms with Gasteiger partial charge >= 0.3 is 0 Å². The molecule has 1 aromatic carbocycles. The van der Waals surface area contributed by atoms with E-state index < -0.39 is 11.6 Å². The van der Waals surface area contributed by atoms with Crippen LogP contribution < -0.4 is 5.32 Å². The van der Waals surface area contributed by atoms with E-state index in [0.717, 1.165) is 17.2 Å². The lowest BCUT2D eigenvalue weighted by Gasteiger charge is -2.13. The number of thioether (sulfide) groups is 1. The highest BCUT2D eigenvalue weighted by Gasteiger charge is 2.04. The van der Waals surface area contributed by atoms with Crippen LogP contribution in [0.4, 0.5) is 8.78 Å². The molecule has 0 radical (unpaired) electrons. The lowest BCUT2D eigenvalue weighted by molar-refractivity contribution is 0.501. The summed E-state index contributed by atoms with van der Waals surface area (Å²) in [5, 5.41) is 3.45. The van der Waals surface area contributed by atoms with Gasteiger partial charge in [0.15, 0.2) is 11.6 Å². The zero-order valence-corrected chi connectivity index (χ0v) is 12.5. The summed E-state index contributed by atoms with van der Waals surface area (Å²) in [6.45, 7) is 5.28. The van der Waals surface area contributed by atoms with Gasteiger partial charge in [0.1, 0.15) is 0 Å². The van der Waals surface area contributed by atoms with Gasteiger partial charge in [0.25, 0.3) is 0 Å². The second kappa shape index (κ2) is 9.32. The Labute approximate surface area is 119 Å². The Kier molecular flexibility index (Phi) is 8.07. The monoisotopic (exact) mass is 287 g/mol. The molecular weight excluding hydrogens is 264 g/mol. The molecule has 4 heteroatoms. The van der Waals surface area contributed by atoms with Crippen LogP contribution in [-0.2, 0) is 0 Å². The minimum atomic E-state index is -0.785.